The third-order valence-electron chi connectivity index (χ3n) is 4.63. The highest BCUT2D eigenvalue weighted by Crippen LogP contribution is 2.25. The van der Waals surface area contributed by atoms with Gasteiger partial charge in [-0.2, -0.15) is 0 Å². The van der Waals surface area contributed by atoms with Gasteiger partial charge >= 0.3 is 0 Å². The molecule has 0 spiro atoms. The molecule has 3 nitrogen and oxygen atoms in total. The largest absolute Gasteiger partial charge is 0.399 e. The van der Waals surface area contributed by atoms with Crippen molar-refractivity contribution in [3.05, 3.63) is 28.8 Å². The maximum atomic E-state index is 6.28. The van der Waals surface area contributed by atoms with Crippen molar-refractivity contribution in [3.63, 3.8) is 0 Å². The van der Waals surface area contributed by atoms with Crippen molar-refractivity contribution in [1.82, 2.24) is 9.80 Å². The summed E-state index contributed by atoms with van der Waals surface area (Å²) < 4.78 is 0. The topological polar surface area (TPSA) is 32.5 Å². The molecule has 4 heteroatoms. The van der Waals surface area contributed by atoms with Crippen LogP contribution in [0.25, 0.3) is 0 Å². The Balaban J connectivity index is 1.57. The molecule has 2 aliphatic heterocycles. The van der Waals surface area contributed by atoms with Gasteiger partial charge in [0.05, 0.1) is 0 Å². The Kier molecular flexibility index (Phi) is 4.49. The quantitative estimate of drug-likeness (QED) is 0.870. The van der Waals surface area contributed by atoms with Crippen LogP contribution in [0.1, 0.15) is 31.2 Å². The van der Waals surface area contributed by atoms with Crippen molar-refractivity contribution in [2.75, 3.05) is 31.9 Å². The Hall–Kier alpha value is -0.770. The van der Waals surface area contributed by atoms with Gasteiger partial charge in [0.25, 0.3) is 0 Å². The fraction of sp³-hybridized carbons (Fsp3) is 0.625. The number of benzene rings is 1. The molecular weight excluding hydrogens is 270 g/mol. The Bertz CT molecular complexity index is 457. The Morgan fingerprint density at radius 2 is 1.95 bits per heavy atom. The minimum atomic E-state index is 0.742. The van der Waals surface area contributed by atoms with E-state index in [0.717, 1.165) is 23.3 Å². The average Bonchev–Trinajstić information content (AvgIpc) is 2.92. The molecule has 1 aromatic rings. The average molecular weight is 294 g/mol. The van der Waals surface area contributed by atoms with Crippen molar-refractivity contribution in [2.45, 2.75) is 38.3 Å². The van der Waals surface area contributed by atoms with Gasteiger partial charge in [-0.25, -0.2) is 0 Å². The number of halogens is 1. The molecule has 2 N–H and O–H groups in total. The summed E-state index contributed by atoms with van der Waals surface area (Å²) in [6.45, 7) is 5.90. The predicted molar refractivity (Wildman–Crippen MR) is 85.0 cm³/mol. The summed E-state index contributed by atoms with van der Waals surface area (Å²) in [5.74, 6) is 0. The molecule has 0 aliphatic carbocycles. The van der Waals surface area contributed by atoms with Crippen molar-refractivity contribution in [1.29, 1.82) is 0 Å². The first kappa shape index (κ1) is 14.2. The molecule has 0 aromatic heterocycles. The second-order valence-electron chi connectivity index (χ2n) is 6.13. The molecule has 0 amide bonds. The predicted octanol–water partition coefficient (Wildman–Crippen LogP) is 2.98. The van der Waals surface area contributed by atoms with Crippen LogP contribution in [0.2, 0.25) is 5.02 Å². The Morgan fingerprint density at radius 1 is 1.15 bits per heavy atom. The number of nitrogens with two attached hydrogens (primary N) is 1. The van der Waals surface area contributed by atoms with Crippen LogP contribution in [0.5, 0.6) is 0 Å². The lowest BCUT2D eigenvalue weighted by atomic mass is 10.1. The van der Waals surface area contributed by atoms with E-state index in [1.807, 2.05) is 12.1 Å². The van der Waals surface area contributed by atoms with Crippen molar-refractivity contribution < 1.29 is 0 Å². The monoisotopic (exact) mass is 293 g/mol. The molecule has 0 bridgehead atoms. The third-order valence-corrected chi connectivity index (χ3v) is 4.98. The lowest BCUT2D eigenvalue weighted by molar-refractivity contribution is 0.161. The van der Waals surface area contributed by atoms with E-state index >= 15 is 0 Å². The van der Waals surface area contributed by atoms with E-state index in [2.05, 4.69) is 15.9 Å². The van der Waals surface area contributed by atoms with E-state index in [9.17, 15) is 0 Å². The van der Waals surface area contributed by atoms with Crippen molar-refractivity contribution in [3.8, 4) is 0 Å². The molecular formula is C16H24ClN3. The molecule has 2 saturated heterocycles. The van der Waals surface area contributed by atoms with Gasteiger partial charge in [0.1, 0.15) is 0 Å². The summed E-state index contributed by atoms with van der Waals surface area (Å²) in [6, 6.07) is 6.61. The highest BCUT2D eigenvalue weighted by molar-refractivity contribution is 6.31. The van der Waals surface area contributed by atoms with Crippen LogP contribution in [0.3, 0.4) is 0 Å². The van der Waals surface area contributed by atoms with Crippen LogP contribution in [0, 0.1) is 0 Å². The van der Waals surface area contributed by atoms with E-state index in [4.69, 9.17) is 17.3 Å². The van der Waals surface area contributed by atoms with Crippen LogP contribution in [0.4, 0.5) is 5.69 Å². The molecule has 2 fully saturated rings. The van der Waals surface area contributed by atoms with Crippen LogP contribution in [0.15, 0.2) is 18.2 Å². The van der Waals surface area contributed by atoms with Crippen LogP contribution < -0.4 is 5.73 Å². The van der Waals surface area contributed by atoms with E-state index in [0.29, 0.717) is 0 Å². The minimum absolute atomic E-state index is 0.742. The van der Waals surface area contributed by atoms with Crippen molar-refractivity contribution >= 4 is 17.3 Å². The lowest BCUT2D eigenvalue weighted by Crippen LogP contribution is -2.40. The molecule has 0 radical (unpaired) electrons. The zero-order valence-electron chi connectivity index (χ0n) is 12.0. The Labute approximate surface area is 126 Å². The molecule has 1 unspecified atom stereocenters. The summed E-state index contributed by atoms with van der Waals surface area (Å²) in [4.78, 5) is 5.21. The molecule has 110 valence electrons. The first-order chi connectivity index (χ1) is 9.72. The van der Waals surface area contributed by atoms with Gasteiger partial charge in [-0.3, -0.25) is 9.80 Å². The van der Waals surface area contributed by atoms with Gasteiger partial charge < -0.3 is 5.73 Å². The van der Waals surface area contributed by atoms with Crippen LogP contribution in [-0.2, 0) is 6.54 Å². The normalized spacial score (nSPS) is 25.1. The fourth-order valence-electron chi connectivity index (χ4n) is 3.47. The molecule has 20 heavy (non-hydrogen) atoms. The van der Waals surface area contributed by atoms with Gasteiger partial charge in [0.15, 0.2) is 0 Å². The maximum Gasteiger partial charge on any atom is 0.0471 e. The summed E-state index contributed by atoms with van der Waals surface area (Å²) in [7, 11) is 0. The number of nitrogen functional groups attached to an aromatic ring is 1. The van der Waals surface area contributed by atoms with Gasteiger partial charge in [-0.15, -0.1) is 0 Å². The second kappa shape index (κ2) is 6.33. The molecule has 2 aliphatic rings. The Morgan fingerprint density at radius 3 is 2.70 bits per heavy atom. The molecule has 1 atom stereocenters. The number of piperidine rings is 1. The van der Waals surface area contributed by atoms with E-state index < -0.39 is 0 Å². The first-order valence-electron chi connectivity index (χ1n) is 7.73. The van der Waals surface area contributed by atoms with E-state index in [1.165, 1.54) is 57.4 Å². The summed E-state index contributed by atoms with van der Waals surface area (Å²) in [5, 5.41) is 0.798. The highest BCUT2D eigenvalue weighted by atomic mass is 35.5. The summed E-state index contributed by atoms with van der Waals surface area (Å²) >= 11 is 6.28. The maximum absolute atomic E-state index is 6.28. The number of anilines is 1. The zero-order chi connectivity index (χ0) is 13.9. The summed E-state index contributed by atoms with van der Waals surface area (Å²) in [5.41, 5.74) is 7.69. The zero-order valence-corrected chi connectivity index (χ0v) is 12.8. The van der Waals surface area contributed by atoms with Gasteiger partial charge in [-0.05, 0) is 50.0 Å². The SMILES string of the molecule is Nc1ccc(CN2CCC(N3CCCCC3)C2)c(Cl)c1. The first-order valence-corrected chi connectivity index (χ1v) is 8.10. The molecule has 3 rings (SSSR count). The number of likely N-dealkylation sites (tertiary alicyclic amines) is 2. The highest BCUT2D eigenvalue weighted by Gasteiger charge is 2.28. The number of nitrogens with zero attached hydrogens (tertiary/aromatic N) is 2. The smallest absolute Gasteiger partial charge is 0.0471 e. The lowest BCUT2D eigenvalue weighted by Gasteiger charge is -2.32. The van der Waals surface area contributed by atoms with E-state index in [-0.39, 0.29) is 0 Å². The van der Waals surface area contributed by atoms with E-state index in [1.54, 1.807) is 0 Å². The van der Waals surface area contributed by atoms with Crippen LogP contribution in [-0.4, -0.2) is 42.0 Å². The fourth-order valence-corrected chi connectivity index (χ4v) is 3.72. The number of hydrogen-bond acceptors (Lipinski definition) is 3. The van der Waals surface area contributed by atoms with Gasteiger partial charge in [0, 0.05) is 36.4 Å². The minimum Gasteiger partial charge on any atom is -0.399 e. The molecule has 2 heterocycles. The molecule has 0 saturated carbocycles. The van der Waals surface area contributed by atoms with Gasteiger partial charge in [0.2, 0.25) is 0 Å². The number of rotatable bonds is 3. The second-order valence-corrected chi connectivity index (χ2v) is 6.53. The van der Waals surface area contributed by atoms with Crippen molar-refractivity contribution in [2.24, 2.45) is 0 Å². The summed E-state index contributed by atoms with van der Waals surface area (Å²) in [6.07, 6.45) is 5.46. The molecule has 1 aromatic carbocycles. The van der Waals surface area contributed by atoms with Crippen LogP contribution >= 0.6 is 11.6 Å². The standard InChI is InChI=1S/C16H24ClN3/c17-16-10-14(18)5-4-13(16)11-19-9-6-15(12-19)20-7-2-1-3-8-20/h4-5,10,15H,1-3,6-9,11-12,18H2. The number of hydrogen-bond donors (Lipinski definition) is 1. The van der Waals surface area contributed by atoms with Gasteiger partial charge in [-0.1, -0.05) is 24.1 Å². The third kappa shape index (κ3) is 3.27.